The van der Waals surface area contributed by atoms with Crippen molar-refractivity contribution in [1.82, 2.24) is 0 Å². The summed E-state index contributed by atoms with van der Waals surface area (Å²) in [6, 6.07) is -0.387. The van der Waals surface area contributed by atoms with Gasteiger partial charge in [-0.1, -0.05) is 13.8 Å². The van der Waals surface area contributed by atoms with Gasteiger partial charge in [0, 0.05) is 0 Å². The van der Waals surface area contributed by atoms with E-state index < -0.39 is 0 Å². The Bertz CT molecular complexity index is 106. The molecule has 0 aliphatic heterocycles. The maximum atomic E-state index is 10.7. The summed E-state index contributed by atoms with van der Waals surface area (Å²) < 4.78 is 0. The number of carbonyl (C=O) groups is 1. The summed E-state index contributed by atoms with van der Waals surface area (Å²) in [6.45, 7) is 3.80. The van der Waals surface area contributed by atoms with E-state index in [4.69, 9.17) is 17.3 Å². The molecular formula is C6H13Cl2NO. The molecule has 0 amide bonds. The Balaban J connectivity index is 0. The van der Waals surface area contributed by atoms with E-state index in [1.807, 2.05) is 13.8 Å². The van der Waals surface area contributed by atoms with Gasteiger partial charge in [0.1, 0.15) is 0 Å². The van der Waals surface area contributed by atoms with Crippen LogP contribution in [0.3, 0.4) is 0 Å². The number of Topliss-reactive ketones (excluding diaryl/α,β-unsaturated/α-hetero) is 1. The lowest BCUT2D eigenvalue weighted by Crippen LogP contribution is -2.36. The zero-order valence-electron chi connectivity index (χ0n) is 6.13. The molecule has 0 bridgehead atoms. The molecule has 0 aromatic carbocycles. The van der Waals surface area contributed by atoms with Gasteiger partial charge in [-0.05, 0) is 5.92 Å². The van der Waals surface area contributed by atoms with E-state index in [1.165, 1.54) is 0 Å². The molecule has 1 atom stereocenters. The van der Waals surface area contributed by atoms with Crippen LogP contribution in [0.15, 0.2) is 0 Å². The van der Waals surface area contributed by atoms with Gasteiger partial charge in [0.05, 0.1) is 11.9 Å². The average Bonchev–Trinajstić information content (AvgIpc) is 1.84. The molecule has 0 spiro atoms. The monoisotopic (exact) mass is 185 g/mol. The molecule has 10 heavy (non-hydrogen) atoms. The summed E-state index contributed by atoms with van der Waals surface area (Å²) in [4.78, 5) is 10.7. The fourth-order valence-corrected chi connectivity index (χ4v) is 0.639. The van der Waals surface area contributed by atoms with Gasteiger partial charge in [0.15, 0.2) is 5.78 Å². The molecular weight excluding hydrogens is 173 g/mol. The van der Waals surface area contributed by atoms with Crippen LogP contribution in [0.2, 0.25) is 0 Å². The van der Waals surface area contributed by atoms with E-state index in [-0.39, 0.29) is 36.0 Å². The van der Waals surface area contributed by atoms with Crippen molar-refractivity contribution in [2.45, 2.75) is 19.9 Å². The first-order valence-electron chi connectivity index (χ1n) is 2.93. The first-order chi connectivity index (χ1) is 4.09. The molecule has 0 saturated heterocycles. The standard InChI is InChI=1S/C6H12ClNO.ClH/c1-4(2)6(8)5(9)3-7;/h4,6H,3,8H2,1-2H3;1H. The number of ketones is 1. The molecule has 2 N–H and O–H groups in total. The SMILES string of the molecule is CC(C)C(N)C(=O)CCl.Cl. The number of hydrogen-bond donors (Lipinski definition) is 1. The molecule has 4 heteroatoms. The molecule has 0 rings (SSSR count). The minimum atomic E-state index is -0.387. The van der Waals surface area contributed by atoms with E-state index in [9.17, 15) is 4.79 Å². The highest BCUT2D eigenvalue weighted by atomic mass is 35.5. The van der Waals surface area contributed by atoms with Gasteiger partial charge in [-0.25, -0.2) is 0 Å². The van der Waals surface area contributed by atoms with Crippen molar-refractivity contribution in [2.24, 2.45) is 11.7 Å². The second kappa shape index (κ2) is 5.96. The minimum Gasteiger partial charge on any atom is -0.321 e. The van der Waals surface area contributed by atoms with Crippen LogP contribution in [0.25, 0.3) is 0 Å². The average molecular weight is 186 g/mol. The van der Waals surface area contributed by atoms with Gasteiger partial charge in [0.25, 0.3) is 0 Å². The third-order valence-corrected chi connectivity index (χ3v) is 1.49. The summed E-state index contributed by atoms with van der Waals surface area (Å²) >= 11 is 5.26. The Morgan fingerprint density at radius 3 is 2.10 bits per heavy atom. The Labute approximate surface area is 72.5 Å². The van der Waals surface area contributed by atoms with Crippen LogP contribution in [0.1, 0.15) is 13.8 Å². The Morgan fingerprint density at radius 2 is 2.00 bits per heavy atom. The molecule has 0 fully saturated rings. The minimum absolute atomic E-state index is 0. The number of nitrogens with two attached hydrogens (primary N) is 1. The maximum absolute atomic E-state index is 10.7. The first-order valence-corrected chi connectivity index (χ1v) is 3.47. The lowest BCUT2D eigenvalue weighted by atomic mass is 10.0. The van der Waals surface area contributed by atoms with Crippen LogP contribution in [-0.4, -0.2) is 17.7 Å². The molecule has 0 aromatic heterocycles. The fraction of sp³-hybridized carbons (Fsp3) is 0.833. The summed E-state index contributed by atoms with van der Waals surface area (Å²) in [5, 5.41) is 0. The lowest BCUT2D eigenvalue weighted by molar-refractivity contribution is -0.118. The quantitative estimate of drug-likeness (QED) is 0.673. The Morgan fingerprint density at radius 1 is 1.60 bits per heavy atom. The van der Waals surface area contributed by atoms with E-state index >= 15 is 0 Å². The van der Waals surface area contributed by atoms with Gasteiger partial charge >= 0.3 is 0 Å². The second-order valence-corrected chi connectivity index (χ2v) is 2.64. The molecule has 0 aliphatic carbocycles. The van der Waals surface area contributed by atoms with E-state index in [0.29, 0.717) is 0 Å². The second-order valence-electron chi connectivity index (χ2n) is 2.37. The highest BCUT2D eigenvalue weighted by Crippen LogP contribution is 1.99. The van der Waals surface area contributed by atoms with Crippen LogP contribution in [0.4, 0.5) is 0 Å². The number of alkyl halides is 1. The third kappa shape index (κ3) is 4.09. The van der Waals surface area contributed by atoms with Crippen molar-refractivity contribution in [1.29, 1.82) is 0 Å². The Hall–Kier alpha value is 0.210. The number of halogens is 2. The molecule has 0 radical (unpaired) electrons. The van der Waals surface area contributed by atoms with E-state index in [2.05, 4.69) is 0 Å². The molecule has 0 saturated carbocycles. The fourth-order valence-electron chi connectivity index (χ4n) is 0.461. The molecule has 0 aliphatic rings. The zero-order chi connectivity index (χ0) is 7.44. The molecule has 2 nitrogen and oxygen atoms in total. The van der Waals surface area contributed by atoms with Crippen LogP contribution in [-0.2, 0) is 4.79 Å². The third-order valence-electron chi connectivity index (χ3n) is 1.22. The van der Waals surface area contributed by atoms with E-state index in [1.54, 1.807) is 0 Å². The van der Waals surface area contributed by atoms with Gasteiger partial charge in [-0.3, -0.25) is 4.79 Å². The highest BCUT2D eigenvalue weighted by molar-refractivity contribution is 6.28. The van der Waals surface area contributed by atoms with Crippen LogP contribution >= 0.6 is 24.0 Å². The van der Waals surface area contributed by atoms with Gasteiger partial charge < -0.3 is 5.73 Å². The topological polar surface area (TPSA) is 43.1 Å². The Kier molecular flexibility index (Phi) is 7.65. The van der Waals surface area contributed by atoms with Crippen molar-refractivity contribution in [3.63, 3.8) is 0 Å². The summed E-state index contributed by atoms with van der Waals surface area (Å²) in [5.41, 5.74) is 5.44. The van der Waals surface area contributed by atoms with Crippen molar-refractivity contribution < 1.29 is 4.79 Å². The summed E-state index contributed by atoms with van der Waals surface area (Å²) in [6.07, 6.45) is 0. The van der Waals surface area contributed by atoms with Crippen LogP contribution < -0.4 is 5.73 Å². The highest BCUT2D eigenvalue weighted by Gasteiger charge is 2.14. The van der Waals surface area contributed by atoms with Gasteiger partial charge in [-0.15, -0.1) is 24.0 Å². The molecule has 0 heterocycles. The molecule has 1 unspecified atom stereocenters. The van der Waals surface area contributed by atoms with Gasteiger partial charge in [0.2, 0.25) is 0 Å². The largest absolute Gasteiger partial charge is 0.321 e. The molecule has 0 aromatic rings. The van der Waals surface area contributed by atoms with Crippen molar-refractivity contribution in [2.75, 3.05) is 5.88 Å². The van der Waals surface area contributed by atoms with E-state index in [0.717, 1.165) is 0 Å². The number of rotatable bonds is 3. The zero-order valence-corrected chi connectivity index (χ0v) is 7.71. The van der Waals surface area contributed by atoms with Crippen LogP contribution in [0, 0.1) is 5.92 Å². The number of carbonyl (C=O) groups excluding carboxylic acids is 1. The van der Waals surface area contributed by atoms with Crippen molar-refractivity contribution in [3.05, 3.63) is 0 Å². The van der Waals surface area contributed by atoms with Crippen molar-refractivity contribution in [3.8, 4) is 0 Å². The predicted octanol–water partition coefficient (Wildman–Crippen LogP) is 1.20. The normalized spacial score (nSPS) is 12.5. The van der Waals surface area contributed by atoms with Gasteiger partial charge in [-0.2, -0.15) is 0 Å². The summed E-state index contributed by atoms with van der Waals surface area (Å²) in [7, 11) is 0. The smallest absolute Gasteiger partial charge is 0.164 e. The molecule has 62 valence electrons. The first kappa shape index (κ1) is 12.8. The lowest BCUT2D eigenvalue weighted by Gasteiger charge is -2.11. The maximum Gasteiger partial charge on any atom is 0.164 e. The van der Waals surface area contributed by atoms with Crippen LogP contribution in [0.5, 0.6) is 0 Å². The van der Waals surface area contributed by atoms with Crippen molar-refractivity contribution >= 4 is 29.8 Å². The number of hydrogen-bond acceptors (Lipinski definition) is 2. The predicted molar refractivity (Wildman–Crippen MR) is 45.8 cm³/mol. The summed E-state index contributed by atoms with van der Waals surface area (Å²) in [5.74, 6) is 0.141.